The summed E-state index contributed by atoms with van der Waals surface area (Å²) in [6.45, 7) is 1.41. The molecule has 3 rings (SSSR count). The molecule has 3 aromatic rings. The molecular formula is C15H11N5O2. The summed E-state index contributed by atoms with van der Waals surface area (Å²) in [5.74, 6) is 0.0503. The molecule has 0 aliphatic rings. The lowest BCUT2D eigenvalue weighted by atomic mass is 10.2. The SMILES string of the molecule is CC(=O)N(c1cnc2cccnc2c1)c1cc(N=O)ccn1. The Morgan fingerprint density at radius 1 is 1.09 bits per heavy atom. The molecule has 0 saturated carbocycles. The summed E-state index contributed by atoms with van der Waals surface area (Å²) < 4.78 is 0. The van der Waals surface area contributed by atoms with E-state index in [1.165, 1.54) is 30.2 Å². The summed E-state index contributed by atoms with van der Waals surface area (Å²) in [7, 11) is 0. The average molecular weight is 293 g/mol. The monoisotopic (exact) mass is 293 g/mol. The first kappa shape index (κ1) is 13.7. The van der Waals surface area contributed by atoms with Gasteiger partial charge in [-0.25, -0.2) is 4.98 Å². The summed E-state index contributed by atoms with van der Waals surface area (Å²) in [5.41, 5.74) is 2.11. The lowest BCUT2D eigenvalue weighted by Gasteiger charge is -2.20. The van der Waals surface area contributed by atoms with Crippen molar-refractivity contribution in [2.75, 3.05) is 4.90 Å². The Bertz CT molecular complexity index is 865. The van der Waals surface area contributed by atoms with Crippen LogP contribution in [0.15, 0.2) is 54.1 Å². The number of fused-ring (bicyclic) bond motifs is 1. The predicted molar refractivity (Wildman–Crippen MR) is 82.1 cm³/mol. The molecule has 0 saturated heterocycles. The van der Waals surface area contributed by atoms with Gasteiger partial charge in [-0.2, -0.15) is 0 Å². The van der Waals surface area contributed by atoms with Crippen molar-refractivity contribution >= 4 is 34.1 Å². The molecule has 0 atom stereocenters. The number of aromatic nitrogens is 3. The fourth-order valence-corrected chi connectivity index (χ4v) is 2.13. The Morgan fingerprint density at radius 3 is 2.73 bits per heavy atom. The highest BCUT2D eigenvalue weighted by molar-refractivity contribution is 5.99. The minimum atomic E-state index is -0.257. The van der Waals surface area contributed by atoms with Gasteiger partial charge in [0.1, 0.15) is 11.5 Å². The van der Waals surface area contributed by atoms with E-state index in [-0.39, 0.29) is 11.6 Å². The Morgan fingerprint density at radius 2 is 1.95 bits per heavy atom. The molecule has 0 fully saturated rings. The lowest BCUT2D eigenvalue weighted by molar-refractivity contribution is -0.115. The number of carbonyl (C=O) groups excluding carboxylic acids is 1. The molecule has 108 valence electrons. The van der Waals surface area contributed by atoms with Crippen LogP contribution in [0.5, 0.6) is 0 Å². The van der Waals surface area contributed by atoms with Crippen molar-refractivity contribution in [2.24, 2.45) is 5.18 Å². The van der Waals surface area contributed by atoms with E-state index in [9.17, 15) is 9.70 Å². The highest BCUT2D eigenvalue weighted by atomic mass is 16.3. The molecule has 0 spiro atoms. The molecule has 0 aliphatic heterocycles. The van der Waals surface area contributed by atoms with E-state index in [2.05, 4.69) is 20.1 Å². The molecule has 7 nitrogen and oxygen atoms in total. The van der Waals surface area contributed by atoms with E-state index < -0.39 is 0 Å². The van der Waals surface area contributed by atoms with Crippen LogP contribution in [0.2, 0.25) is 0 Å². The van der Waals surface area contributed by atoms with Gasteiger partial charge in [0.2, 0.25) is 5.91 Å². The maximum absolute atomic E-state index is 12.0. The van der Waals surface area contributed by atoms with E-state index in [1.807, 2.05) is 6.07 Å². The standard InChI is InChI=1S/C15H11N5O2/c1-10(21)20(15-7-11(19-22)4-6-17-15)12-8-14-13(18-9-12)3-2-5-16-14/h2-9H,1H3. The van der Waals surface area contributed by atoms with Gasteiger partial charge < -0.3 is 0 Å². The van der Waals surface area contributed by atoms with Crippen molar-refractivity contribution in [3.05, 3.63) is 53.8 Å². The molecule has 3 aromatic heterocycles. The summed E-state index contributed by atoms with van der Waals surface area (Å²) in [5, 5.41) is 2.86. The predicted octanol–water partition coefficient (Wildman–Crippen LogP) is 3.11. The van der Waals surface area contributed by atoms with E-state index in [0.29, 0.717) is 17.0 Å². The Kier molecular flexibility index (Phi) is 3.53. The third kappa shape index (κ3) is 2.51. The van der Waals surface area contributed by atoms with Crippen molar-refractivity contribution in [1.82, 2.24) is 15.0 Å². The number of anilines is 2. The van der Waals surface area contributed by atoms with E-state index >= 15 is 0 Å². The van der Waals surface area contributed by atoms with Gasteiger partial charge in [-0.3, -0.25) is 19.7 Å². The zero-order chi connectivity index (χ0) is 15.5. The molecule has 0 aliphatic carbocycles. The maximum atomic E-state index is 12.0. The smallest absolute Gasteiger partial charge is 0.229 e. The first-order valence-corrected chi connectivity index (χ1v) is 6.50. The van der Waals surface area contributed by atoms with Crippen molar-refractivity contribution in [3.8, 4) is 0 Å². The normalized spacial score (nSPS) is 10.4. The Labute approximate surface area is 125 Å². The molecule has 0 N–H and O–H groups in total. The Hall–Kier alpha value is -3.22. The van der Waals surface area contributed by atoms with Crippen LogP contribution in [0.1, 0.15) is 6.92 Å². The summed E-state index contributed by atoms with van der Waals surface area (Å²) in [6, 6.07) is 8.27. The summed E-state index contributed by atoms with van der Waals surface area (Å²) in [4.78, 5) is 36.7. The fraction of sp³-hybridized carbons (Fsp3) is 0.0667. The molecule has 22 heavy (non-hydrogen) atoms. The van der Waals surface area contributed by atoms with Gasteiger partial charge in [0.15, 0.2) is 0 Å². The largest absolute Gasteiger partial charge is 0.274 e. The minimum Gasteiger partial charge on any atom is -0.274 e. The molecule has 3 heterocycles. The highest BCUT2D eigenvalue weighted by Crippen LogP contribution is 2.27. The quantitative estimate of drug-likeness (QED) is 0.692. The van der Waals surface area contributed by atoms with Crippen molar-refractivity contribution in [1.29, 1.82) is 0 Å². The van der Waals surface area contributed by atoms with Gasteiger partial charge >= 0.3 is 0 Å². The maximum Gasteiger partial charge on any atom is 0.229 e. The number of rotatable bonds is 3. The van der Waals surface area contributed by atoms with Gasteiger partial charge in [0.05, 0.1) is 22.9 Å². The minimum absolute atomic E-state index is 0.197. The van der Waals surface area contributed by atoms with Gasteiger partial charge in [-0.05, 0) is 29.4 Å². The van der Waals surface area contributed by atoms with Crippen LogP contribution in [-0.2, 0) is 4.79 Å². The van der Waals surface area contributed by atoms with Crippen LogP contribution < -0.4 is 4.90 Å². The van der Waals surface area contributed by atoms with Crippen LogP contribution in [0, 0.1) is 4.91 Å². The fourth-order valence-electron chi connectivity index (χ4n) is 2.13. The van der Waals surface area contributed by atoms with Crippen molar-refractivity contribution in [2.45, 2.75) is 6.92 Å². The second kappa shape index (κ2) is 5.65. The molecule has 0 unspecified atom stereocenters. The number of pyridine rings is 3. The first-order chi connectivity index (χ1) is 10.7. The van der Waals surface area contributed by atoms with Crippen molar-refractivity contribution < 1.29 is 4.79 Å². The van der Waals surface area contributed by atoms with Gasteiger partial charge in [0.25, 0.3) is 0 Å². The topological polar surface area (TPSA) is 88.4 Å². The van der Waals surface area contributed by atoms with E-state index in [1.54, 1.807) is 24.5 Å². The zero-order valence-corrected chi connectivity index (χ0v) is 11.7. The highest BCUT2D eigenvalue weighted by Gasteiger charge is 2.17. The summed E-state index contributed by atoms with van der Waals surface area (Å²) >= 11 is 0. The van der Waals surface area contributed by atoms with Crippen molar-refractivity contribution in [3.63, 3.8) is 0 Å². The Balaban J connectivity index is 2.13. The first-order valence-electron chi connectivity index (χ1n) is 6.50. The molecule has 0 aromatic carbocycles. The number of nitroso groups, excluding NO2 is 1. The van der Waals surface area contributed by atoms with E-state index in [0.717, 1.165) is 5.52 Å². The van der Waals surface area contributed by atoms with Crippen LogP contribution in [0.3, 0.4) is 0 Å². The third-order valence-electron chi connectivity index (χ3n) is 3.07. The molecule has 0 bridgehead atoms. The number of hydrogen-bond donors (Lipinski definition) is 0. The number of carbonyl (C=O) groups is 1. The second-order valence-corrected chi connectivity index (χ2v) is 4.55. The van der Waals surface area contributed by atoms with Gasteiger partial charge in [0, 0.05) is 25.4 Å². The third-order valence-corrected chi connectivity index (χ3v) is 3.07. The molecule has 0 radical (unpaired) electrons. The van der Waals surface area contributed by atoms with Crippen LogP contribution in [0.4, 0.5) is 17.2 Å². The lowest BCUT2D eigenvalue weighted by Crippen LogP contribution is -2.23. The van der Waals surface area contributed by atoms with Crippen LogP contribution in [-0.4, -0.2) is 20.9 Å². The molecule has 7 heteroatoms. The summed E-state index contributed by atoms with van der Waals surface area (Å²) in [6.07, 6.45) is 4.64. The number of hydrogen-bond acceptors (Lipinski definition) is 6. The average Bonchev–Trinajstić information content (AvgIpc) is 2.55. The zero-order valence-electron chi connectivity index (χ0n) is 11.7. The number of amides is 1. The molecule has 1 amide bonds. The van der Waals surface area contributed by atoms with Crippen LogP contribution in [0.25, 0.3) is 11.0 Å². The van der Waals surface area contributed by atoms with Gasteiger partial charge in [-0.1, -0.05) is 0 Å². The molecular weight excluding hydrogens is 282 g/mol. The van der Waals surface area contributed by atoms with Gasteiger partial charge in [-0.15, -0.1) is 4.91 Å². The van der Waals surface area contributed by atoms with Crippen LogP contribution >= 0.6 is 0 Å². The van der Waals surface area contributed by atoms with E-state index in [4.69, 9.17) is 0 Å². The second-order valence-electron chi connectivity index (χ2n) is 4.55. The number of nitrogens with zero attached hydrogens (tertiary/aromatic N) is 5.